The third-order valence-electron chi connectivity index (χ3n) is 6.40. The van der Waals surface area contributed by atoms with Gasteiger partial charge in [-0.3, -0.25) is 9.69 Å². The first-order valence-electron chi connectivity index (χ1n) is 9.05. The second-order valence-electron chi connectivity index (χ2n) is 7.42. The number of hydrogen-bond donors (Lipinski definition) is 0. The molecule has 1 heterocycles. The van der Waals surface area contributed by atoms with Crippen molar-refractivity contribution in [2.24, 2.45) is 11.8 Å². The summed E-state index contributed by atoms with van der Waals surface area (Å²) in [5, 5.41) is 0. The lowest BCUT2D eigenvalue weighted by atomic mass is 9.73. The minimum Gasteiger partial charge on any atom is -0.297 e. The van der Waals surface area contributed by atoms with Crippen molar-refractivity contribution in [1.82, 2.24) is 4.90 Å². The number of carbonyl (C=O) groups is 1. The largest absolute Gasteiger partial charge is 0.297 e. The molecule has 0 bridgehead atoms. The highest BCUT2D eigenvalue weighted by Gasteiger charge is 2.48. The van der Waals surface area contributed by atoms with Crippen LogP contribution in [0.1, 0.15) is 77.6 Å². The van der Waals surface area contributed by atoms with E-state index in [4.69, 9.17) is 0 Å². The average Bonchev–Trinajstić information content (AvgIpc) is 3.18. The Hall–Kier alpha value is -0.370. The molecule has 2 saturated carbocycles. The van der Waals surface area contributed by atoms with Crippen LogP contribution in [-0.4, -0.2) is 29.3 Å². The molecule has 2 nitrogen and oxygen atoms in total. The van der Waals surface area contributed by atoms with Crippen LogP contribution in [-0.2, 0) is 4.79 Å². The van der Waals surface area contributed by atoms with Gasteiger partial charge in [-0.2, -0.15) is 0 Å². The average molecular weight is 277 g/mol. The van der Waals surface area contributed by atoms with Gasteiger partial charge < -0.3 is 0 Å². The third-order valence-corrected chi connectivity index (χ3v) is 6.40. The van der Waals surface area contributed by atoms with Crippen molar-refractivity contribution in [3.8, 4) is 0 Å². The first-order valence-corrected chi connectivity index (χ1v) is 9.05. The second-order valence-corrected chi connectivity index (χ2v) is 7.42. The van der Waals surface area contributed by atoms with Crippen molar-refractivity contribution >= 4 is 5.78 Å². The van der Waals surface area contributed by atoms with Gasteiger partial charge in [0.05, 0.1) is 5.54 Å². The SMILES string of the molecule is CCC1CCC(C(=O)C2(N3CCCC3)CCCC2)CC1. The maximum Gasteiger partial charge on any atom is 0.156 e. The van der Waals surface area contributed by atoms with Crippen molar-refractivity contribution in [2.45, 2.75) is 83.1 Å². The van der Waals surface area contributed by atoms with Crippen molar-refractivity contribution in [2.75, 3.05) is 13.1 Å². The Morgan fingerprint density at radius 3 is 2.15 bits per heavy atom. The van der Waals surface area contributed by atoms with Crippen LogP contribution in [0.4, 0.5) is 0 Å². The zero-order valence-electron chi connectivity index (χ0n) is 13.2. The molecule has 1 saturated heterocycles. The minimum atomic E-state index is -0.0276. The van der Waals surface area contributed by atoms with Gasteiger partial charge in [0.25, 0.3) is 0 Å². The molecule has 0 aromatic carbocycles. The zero-order chi connectivity index (χ0) is 14.0. The van der Waals surface area contributed by atoms with Gasteiger partial charge in [-0.15, -0.1) is 0 Å². The molecule has 0 aromatic rings. The summed E-state index contributed by atoms with van der Waals surface area (Å²) in [7, 11) is 0. The van der Waals surface area contributed by atoms with Crippen LogP contribution in [0.15, 0.2) is 0 Å². The van der Waals surface area contributed by atoms with Crippen molar-refractivity contribution in [3.05, 3.63) is 0 Å². The molecule has 20 heavy (non-hydrogen) atoms. The molecule has 1 aliphatic heterocycles. The molecule has 0 spiro atoms. The molecule has 3 fully saturated rings. The lowest BCUT2D eigenvalue weighted by Gasteiger charge is -2.41. The van der Waals surface area contributed by atoms with Gasteiger partial charge in [0, 0.05) is 5.92 Å². The summed E-state index contributed by atoms with van der Waals surface area (Å²) in [6.45, 7) is 4.65. The van der Waals surface area contributed by atoms with E-state index in [1.807, 2.05) is 0 Å². The number of rotatable bonds is 4. The molecule has 2 heteroatoms. The highest BCUT2D eigenvalue weighted by molar-refractivity contribution is 5.91. The van der Waals surface area contributed by atoms with Crippen LogP contribution >= 0.6 is 0 Å². The molecule has 3 aliphatic rings. The van der Waals surface area contributed by atoms with Crippen molar-refractivity contribution < 1.29 is 4.79 Å². The van der Waals surface area contributed by atoms with Crippen LogP contribution in [0.3, 0.4) is 0 Å². The van der Waals surface area contributed by atoms with Crippen LogP contribution in [0.5, 0.6) is 0 Å². The van der Waals surface area contributed by atoms with Crippen LogP contribution in [0.25, 0.3) is 0 Å². The Labute approximate surface area is 124 Å². The van der Waals surface area contributed by atoms with E-state index in [9.17, 15) is 4.79 Å². The van der Waals surface area contributed by atoms with Crippen molar-refractivity contribution in [1.29, 1.82) is 0 Å². The fourth-order valence-corrected chi connectivity index (χ4v) is 5.04. The fourth-order valence-electron chi connectivity index (χ4n) is 5.04. The predicted molar refractivity (Wildman–Crippen MR) is 82.8 cm³/mol. The monoisotopic (exact) mass is 277 g/mol. The van der Waals surface area contributed by atoms with E-state index in [2.05, 4.69) is 11.8 Å². The Morgan fingerprint density at radius 1 is 1.00 bits per heavy atom. The van der Waals surface area contributed by atoms with E-state index >= 15 is 0 Å². The van der Waals surface area contributed by atoms with E-state index in [-0.39, 0.29) is 5.54 Å². The van der Waals surface area contributed by atoms with Crippen molar-refractivity contribution in [3.63, 3.8) is 0 Å². The van der Waals surface area contributed by atoms with E-state index in [1.165, 1.54) is 70.9 Å². The summed E-state index contributed by atoms with van der Waals surface area (Å²) >= 11 is 0. The molecule has 0 atom stereocenters. The third kappa shape index (κ3) is 2.56. The van der Waals surface area contributed by atoms with E-state index in [1.54, 1.807) is 0 Å². The summed E-state index contributed by atoms with van der Waals surface area (Å²) in [5.41, 5.74) is -0.0276. The molecule has 114 valence electrons. The maximum atomic E-state index is 13.3. The Bertz CT molecular complexity index is 331. The van der Waals surface area contributed by atoms with E-state index in [0.29, 0.717) is 11.7 Å². The first kappa shape index (κ1) is 14.6. The summed E-state index contributed by atoms with van der Waals surface area (Å²) < 4.78 is 0. The number of likely N-dealkylation sites (tertiary alicyclic amines) is 1. The molecule has 0 aromatic heterocycles. The fraction of sp³-hybridized carbons (Fsp3) is 0.944. The van der Waals surface area contributed by atoms with E-state index < -0.39 is 0 Å². The van der Waals surface area contributed by atoms with Crippen LogP contribution in [0.2, 0.25) is 0 Å². The van der Waals surface area contributed by atoms with Gasteiger partial charge in [0.1, 0.15) is 0 Å². The standard InChI is InChI=1S/C18H31NO/c1-2-15-7-9-16(10-8-15)17(20)18(11-3-4-12-18)19-13-5-6-14-19/h15-16H,2-14H2,1H3. The number of nitrogens with zero attached hydrogens (tertiary/aromatic N) is 1. The van der Waals surface area contributed by atoms with Gasteiger partial charge in [0.15, 0.2) is 5.78 Å². The number of hydrogen-bond acceptors (Lipinski definition) is 2. The van der Waals surface area contributed by atoms with E-state index in [0.717, 1.165) is 18.8 Å². The summed E-state index contributed by atoms with van der Waals surface area (Å²) in [6.07, 6.45) is 13.7. The molecular formula is C18H31NO. The lowest BCUT2D eigenvalue weighted by molar-refractivity contribution is -0.136. The highest BCUT2D eigenvalue weighted by Crippen LogP contribution is 2.43. The number of ketones is 1. The van der Waals surface area contributed by atoms with Gasteiger partial charge in [-0.1, -0.05) is 26.2 Å². The number of carbonyl (C=O) groups excluding carboxylic acids is 1. The molecule has 2 aliphatic carbocycles. The molecule has 0 amide bonds. The predicted octanol–water partition coefficient (Wildman–Crippen LogP) is 4.18. The molecule has 0 unspecified atom stereocenters. The Kier molecular flexibility index (Phi) is 4.49. The zero-order valence-corrected chi connectivity index (χ0v) is 13.2. The van der Waals surface area contributed by atoms with Gasteiger partial charge in [-0.25, -0.2) is 0 Å². The summed E-state index contributed by atoms with van der Waals surface area (Å²) in [6, 6.07) is 0. The van der Waals surface area contributed by atoms with Gasteiger partial charge in [-0.05, 0) is 70.4 Å². The highest BCUT2D eigenvalue weighted by atomic mass is 16.1. The normalized spacial score (nSPS) is 34.5. The molecular weight excluding hydrogens is 246 g/mol. The summed E-state index contributed by atoms with van der Waals surface area (Å²) in [4.78, 5) is 15.8. The Morgan fingerprint density at radius 2 is 1.60 bits per heavy atom. The van der Waals surface area contributed by atoms with Crippen LogP contribution < -0.4 is 0 Å². The Balaban J connectivity index is 1.70. The quantitative estimate of drug-likeness (QED) is 0.768. The smallest absolute Gasteiger partial charge is 0.156 e. The second kappa shape index (κ2) is 6.17. The lowest BCUT2D eigenvalue weighted by Crippen LogP contribution is -2.54. The molecule has 3 rings (SSSR count). The topological polar surface area (TPSA) is 20.3 Å². The van der Waals surface area contributed by atoms with Gasteiger partial charge in [0.2, 0.25) is 0 Å². The molecule has 0 N–H and O–H groups in total. The first-order chi connectivity index (χ1) is 9.76. The molecule has 0 radical (unpaired) electrons. The number of Topliss-reactive ketones (excluding diaryl/α,β-unsaturated/α-hetero) is 1. The van der Waals surface area contributed by atoms with Gasteiger partial charge >= 0.3 is 0 Å². The van der Waals surface area contributed by atoms with Crippen LogP contribution in [0, 0.1) is 11.8 Å². The maximum absolute atomic E-state index is 13.3. The summed E-state index contributed by atoms with van der Waals surface area (Å²) in [5.74, 6) is 1.92. The minimum absolute atomic E-state index is 0.0276.